The first-order valence-electron chi connectivity index (χ1n) is 8.84. The maximum Gasteiger partial charge on any atom is 0.335 e. The van der Waals surface area contributed by atoms with Crippen LogP contribution in [-0.4, -0.2) is 24.4 Å². The number of hydrogen-bond acceptors (Lipinski definition) is 5. The van der Waals surface area contributed by atoms with Gasteiger partial charge in [-0.15, -0.1) is 0 Å². The summed E-state index contributed by atoms with van der Waals surface area (Å²) in [6.07, 6.45) is 1.61. The Morgan fingerprint density at radius 3 is 2.40 bits per heavy atom. The average Bonchev–Trinajstić information content (AvgIpc) is 2.74. The normalized spacial score (nSPS) is 10.8. The van der Waals surface area contributed by atoms with Crippen LogP contribution in [0.5, 0.6) is 11.5 Å². The molecule has 0 saturated heterocycles. The third kappa shape index (κ3) is 5.43. The van der Waals surface area contributed by atoms with Crippen LogP contribution < -0.4 is 14.9 Å². The molecule has 0 heterocycles. The molecule has 30 heavy (non-hydrogen) atoms. The van der Waals surface area contributed by atoms with Crippen LogP contribution in [0.1, 0.15) is 21.5 Å². The van der Waals surface area contributed by atoms with Crippen LogP contribution in [0.15, 0.2) is 65.8 Å². The van der Waals surface area contributed by atoms with Gasteiger partial charge >= 0.3 is 5.97 Å². The molecule has 0 spiro atoms. The van der Waals surface area contributed by atoms with Crippen molar-refractivity contribution < 1.29 is 19.4 Å². The quantitative estimate of drug-likeness (QED) is 0.342. The maximum absolute atomic E-state index is 10.9. The number of ether oxygens (including phenoxy) is 2. The van der Waals surface area contributed by atoms with Gasteiger partial charge in [-0.05, 0) is 60.2 Å². The second-order valence-corrected chi connectivity index (χ2v) is 6.97. The van der Waals surface area contributed by atoms with Crippen LogP contribution in [0.25, 0.3) is 0 Å². The number of aromatic carboxylic acids is 1. The van der Waals surface area contributed by atoms with Crippen molar-refractivity contribution in [1.82, 2.24) is 0 Å². The molecule has 0 saturated carbocycles. The number of hydrogen-bond donors (Lipinski definition) is 2. The van der Waals surface area contributed by atoms with Gasteiger partial charge in [0.2, 0.25) is 0 Å². The Morgan fingerprint density at radius 2 is 1.77 bits per heavy atom. The van der Waals surface area contributed by atoms with Crippen LogP contribution in [0.4, 0.5) is 5.69 Å². The van der Waals surface area contributed by atoms with Crippen LogP contribution in [0.3, 0.4) is 0 Å². The van der Waals surface area contributed by atoms with Crippen LogP contribution in [0, 0.1) is 0 Å². The highest BCUT2D eigenvalue weighted by atomic mass is 35.5. The lowest BCUT2D eigenvalue weighted by atomic mass is 10.2. The lowest BCUT2D eigenvalue weighted by molar-refractivity contribution is 0.0697. The summed E-state index contributed by atoms with van der Waals surface area (Å²) < 4.78 is 11.2. The molecule has 3 rings (SSSR count). The minimum atomic E-state index is -0.976. The molecular weight excluding hydrogens is 427 g/mol. The van der Waals surface area contributed by atoms with Gasteiger partial charge in [0, 0.05) is 15.6 Å². The fourth-order valence-electron chi connectivity index (χ4n) is 2.57. The van der Waals surface area contributed by atoms with Crippen molar-refractivity contribution in [3.05, 3.63) is 87.4 Å². The predicted octanol–water partition coefficient (Wildman–Crippen LogP) is 5.73. The molecule has 0 bridgehead atoms. The van der Waals surface area contributed by atoms with Gasteiger partial charge in [0.05, 0.1) is 24.6 Å². The summed E-state index contributed by atoms with van der Waals surface area (Å²) in [6.45, 7) is 0.205. The van der Waals surface area contributed by atoms with E-state index in [1.807, 2.05) is 6.07 Å². The Kier molecular flexibility index (Phi) is 7.17. The van der Waals surface area contributed by atoms with Gasteiger partial charge in [-0.25, -0.2) is 4.79 Å². The number of rotatable bonds is 8. The van der Waals surface area contributed by atoms with Gasteiger partial charge in [0.15, 0.2) is 11.5 Å². The average molecular weight is 445 g/mol. The second kappa shape index (κ2) is 10.0. The van der Waals surface area contributed by atoms with Gasteiger partial charge in [-0.1, -0.05) is 29.3 Å². The number of nitrogens with zero attached hydrogens (tertiary/aromatic N) is 1. The third-order valence-corrected chi connectivity index (χ3v) is 4.87. The third-order valence-electron chi connectivity index (χ3n) is 4.16. The lowest BCUT2D eigenvalue weighted by Crippen LogP contribution is -2.00. The van der Waals surface area contributed by atoms with E-state index in [9.17, 15) is 4.79 Å². The van der Waals surface area contributed by atoms with Crippen molar-refractivity contribution >= 4 is 41.1 Å². The first kappa shape index (κ1) is 21.5. The van der Waals surface area contributed by atoms with Crippen LogP contribution in [-0.2, 0) is 6.61 Å². The number of benzene rings is 3. The van der Waals surface area contributed by atoms with E-state index < -0.39 is 5.97 Å². The molecule has 0 unspecified atom stereocenters. The standard InChI is InChI=1S/C22H18Cl2N2O4/c1-29-21-11-14(12-25-26-16-8-6-15(7-9-16)22(27)28)5-10-20(21)30-13-17-18(23)3-2-4-19(17)24/h2-12,26H,13H2,1H3,(H,27,28)/b25-12-. The van der Waals surface area contributed by atoms with E-state index in [0.717, 1.165) is 5.56 Å². The molecule has 0 aliphatic carbocycles. The molecule has 0 radical (unpaired) electrons. The van der Waals surface area contributed by atoms with Gasteiger partial charge in [0.1, 0.15) is 6.61 Å². The Morgan fingerprint density at radius 1 is 1.07 bits per heavy atom. The number of hydrazone groups is 1. The number of methoxy groups -OCH3 is 1. The first-order chi connectivity index (χ1) is 14.5. The monoisotopic (exact) mass is 444 g/mol. The minimum Gasteiger partial charge on any atom is -0.493 e. The van der Waals surface area contributed by atoms with Crippen LogP contribution in [0.2, 0.25) is 10.0 Å². The number of anilines is 1. The van der Waals surface area contributed by atoms with E-state index >= 15 is 0 Å². The van der Waals surface area contributed by atoms with Crippen molar-refractivity contribution in [3.8, 4) is 11.5 Å². The zero-order chi connectivity index (χ0) is 21.5. The van der Waals surface area contributed by atoms with Crippen molar-refractivity contribution in [2.24, 2.45) is 5.10 Å². The molecule has 0 aliphatic heterocycles. The molecule has 6 nitrogen and oxygen atoms in total. The molecule has 3 aromatic rings. The summed E-state index contributed by atoms with van der Waals surface area (Å²) in [5.74, 6) is 0.104. The first-order valence-corrected chi connectivity index (χ1v) is 9.59. The highest BCUT2D eigenvalue weighted by Gasteiger charge is 2.10. The molecule has 0 aromatic heterocycles. The highest BCUT2D eigenvalue weighted by Crippen LogP contribution is 2.31. The number of carbonyl (C=O) groups is 1. The largest absolute Gasteiger partial charge is 0.493 e. The van der Waals surface area contributed by atoms with Crippen molar-refractivity contribution in [2.45, 2.75) is 6.61 Å². The molecule has 3 aromatic carbocycles. The smallest absolute Gasteiger partial charge is 0.335 e. The van der Waals surface area contributed by atoms with Crippen molar-refractivity contribution in [1.29, 1.82) is 0 Å². The van der Waals surface area contributed by atoms with E-state index in [2.05, 4.69) is 10.5 Å². The number of nitrogens with one attached hydrogen (secondary N) is 1. The summed E-state index contributed by atoms with van der Waals surface area (Å²) in [5, 5.41) is 14.1. The van der Waals surface area contributed by atoms with E-state index in [0.29, 0.717) is 32.8 Å². The Hall–Kier alpha value is -3.22. The fourth-order valence-corrected chi connectivity index (χ4v) is 3.08. The fraction of sp³-hybridized carbons (Fsp3) is 0.0909. The zero-order valence-corrected chi connectivity index (χ0v) is 17.4. The summed E-state index contributed by atoms with van der Waals surface area (Å²) in [5.41, 5.74) is 5.21. The molecule has 0 fully saturated rings. The molecule has 0 aliphatic rings. The molecule has 0 atom stereocenters. The number of halogens is 2. The summed E-state index contributed by atoms with van der Waals surface area (Å²) in [7, 11) is 1.55. The summed E-state index contributed by atoms with van der Waals surface area (Å²) >= 11 is 12.4. The topological polar surface area (TPSA) is 80.2 Å². The van der Waals surface area contributed by atoms with Gasteiger partial charge in [-0.3, -0.25) is 5.43 Å². The Labute approximate surface area is 183 Å². The lowest BCUT2D eigenvalue weighted by Gasteiger charge is -2.13. The van der Waals surface area contributed by atoms with Crippen molar-refractivity contribution in [3.63, 3.8) is 0 Å². The molecule has 2 N–H and O–H groups in total. The highest BCUT2D eigenvalue weighted by molar-refractivity contribution is 6.35. The summed E-state index contributed by atoms with van der Waals surface area (Å²) in [4.78, 5) is 10.9. The molecule has 0 amide bonds. The SMILES string of the molecule is COc1cc(/C=N\Nc2ccc(C(=O)O)cc2)ccc1OCc1c(Cl)cccc1Cl. The van der Waals surface area contributed by atoms with E-state index in [1.54, 1.807) is 55.8 Å². The zero-order valence-electron chi connectivity index (χ0n) is 15.9. The number of carboxylic acid groups (broad SMARTS) is 1. The Balaban J connectivity index is 1.66. The van der Waals surface area contributed by atoms with E-state index in [1.165, 1.54) is 12.1 Å². The van der Waals surface area contributed by atoms with Gasteiger partial charge < -0.3 is 14.6 Å². The van der Waals surface area contributed by atoms with Crippen LogP contribution >= 0.6 is 23.2 Å². The number of carboxylic acids is 1. The summed E-state index contributed by atoms with van der Waals surface area (Å²) in [6, 6.07) is 16.9. The maximum atomic E-state index is 10.9. The van der Waals surface area contributed by atoms with E-state index in [-0.39, 0.29) is 12.2 Å². The minimum absolute atomic E-state index is 0.205. The molecule has 154 valence electrons. The predicted molar refractivity (Wildman–Crippen MR) is 118 cm³/mol. The second-order valence-electron chi connectivity index (χ2n) is 6.15. The molecule has 8 heteroatoms. The van der Waals surface area contributed by atoms with Gasteiger partial charge in [0.25, 0.3) is 0 Å². The van der Waals surface area contributed by atoms with Gasteiger partial charge in [-0.2, -0.15) is 5.10 Å². The van der Waals surface area contributed by atoms with Crippen molar-refractivity contribution in [2.75, 3.05) is 12.5 Å². The van der Waals surface area contributed by atoms with E-state index in [4.69, 9.17) is 37.8 Å². The Bertz CT molecular complexity index is 1050. The molecular formula is C22H18Cl2N2O4.